The molecule has 0 aliphatic heterocycles. The van der Waals surface area contributed by atoms with E-state index >= 15 is 0 Å². The van der Waals surface area contributed by atoms with Gasteiger partial charge in [0.05, 0.1) is 5.75 Å². The van der Waals surface area contributed by atoms with Gasteiger partial charge in [0.1, 0.15) is 0 Å². The van der Waals surface area contributed by atoms with Crippen LogP contribution in [0.3, 0.4) is 0 Å². The first-order valence-electron chi connectivity index (χ1n) is 7.53. The highest BCUT2D eigenvalue weighted by Gasteiger charge is 2.15. The Morgan fingerprint density at radius 2 is 1.63 bits per heavy atom. The van der Waals surface area contributed by atoms with Crippen LogP contribution in [0.2, 0.25) is 0 Å². The van der Waals surface area contributed by atoms with E-state index in [0.29, 0.717) is 6.04 Å². The smallest absolute Gasteiger partial charge is 0.151 e. The Kier molecular flexibility index (Phi) is 9.66. The Morgan fingerprint density at radius 1 is 1.05 bits per heavy atom. The van der Waals surface area contributed by atoms with E-state index in [9.17, 15) is 8.42 Å². The van der Waals surface area contributed by atoms with E-state index in [4.69, 9.17) is 0 Å². The first-order chi connectivity index (χ1) is 8.84. The zero-order valence-electron chi connectivity index (χ0n) is 13.3. The van der Waals surface area contributed by atoms with Crippen LogP contribution in [0.4, 0.5) is 0 Å². The number of hydrogen-bond donors (Lipinski definition) is 1. The van der Waals surface area contributed by atoms with Crippen molar-refractivity contribution in [1.29, 1.82) is 0 Å². The van der Waals surface area contributed by atoms with Gasteiger partial charge in [0.15, 0.2) is 9.84 Å². The molecule has 0 aliphatic rings. The molecule has 4 nitrogen and oxygen atoms in total. The van der Waals surface area contributed by atoms with Crippen LogP contribution in [-0.2, 0) is 9.84 Å². The summed E-state index contributed by atoms with van der Waals surface area (Å²) < 4.78 is 23.1. The van der Waals surface area contributed by atoms with E-state index < -0.39 is 9.84 Å². The minimum atomic E-state index is -2.88. The van der Waals surface area contributed by atoms with Gasteiger partial charge in [0, 0.05) is 17.8 Å². The third-order valence-electron chi connectivity index (χ3n) is 3.52. The van der Waals surface area contributed by atoms with Crippen LogP contribution in [0.5, 0.6) is 0 Å². The molecule has 0 spiro atoms. The summed E-state index contributed by atoms with van der Waals surface area (Å²) in [7, 11) is -2.88. The van der Waals surface area contributed by atoms with Crippen molar-refractivity contribution < 1.29 is 8.42 Å². The molecule has 0 fully saturated rings. The maximum absolute atomic E-state index is 11.5. The average molecular weight is 292 g/mol. The Bertz CT molecular complexity index is 313. The second-order valence-electron chi connectivity index (χ2n) is 5.34. The van der Waals surface area contributed by atoms with Crippen LogP contribution in [0, 0.1) is 0 Å². The summed E-state index contributed by atoms with van der Waals surface area (Å²) in [6.45, 7) is 13.5. The van der Waals surface area contributed by atoms with Crippen molar-refractivity contribution in [3.8, 4) is 0 Å². The van der Waals surface area contributed by atoms with Crippen LogP contribution in [0.15, 0.2) is 0 Å². The molecule has 0 heterocycles. The molecule has 5 heteroatoms. The summed E-state index contributed by atoms with van der Waals surface area (Å²) in [5, 5.41) is 3.38. The van der Waals surface area contributed by atoms with Crippen LogP contribution in [0.25, 0.3) is 0 Å². The highest BCUT2D eigenvalue weighted by atomic mass is 32.2. The lowest BCUT2D eigenvalue weighted by Crippen LogP contribution is -2.39. The fraction of sp³-hybridized carbons (Fsp3) is 1.00. The standard InChI is InChI=1S/C14H32N2O2S/c1-6-16(7-2)11-9-10-13(4)15-14(5)12-19(17,18)8-3/h13-15H,6-12H2,1-5H3. The number of nitrogens with zero attached hydrogens (tertiary/aromatic N) is 1. The van der Waals surface area contributed by atoms with Gasteiger partial charge in [-0.3, -0.25) is 0 Å². The van der Waals surface area contributed by atoms with Crippen LogP contribution in [0.1, 0.15) is 47.5 Å². The van der Waals surface area contributed by atoms with Crippen molar-refractivity contribution in [2.45, 2.75) is 59.5 Å². The predicted molar refractivity (Wildman–Crippen MR) is 83.4 cm³/mol. The zero-order valence-corrected chi connectivity index (χ0v) is 14.1. The fourth-order valence-corrected chi connectivity index (χ4v) is 3.37. The second-order valence-corrected chi connectivity index (χ2v) is 7.73. The molecule has 0 aliphatic carbocycles. The zero-order chi connectivity index (χ0) is 14.9. The van der Waals surface area contributed by atoms with Gasteiger partial charge in [-0.1, -0.05) is 20.8 Å². The third kappa shape index (κ3) is 9.41. The third-order valence-corrected chi connectivity index (χ3v) is 5.41. The summed E-state index contributed by atoms with van der Waals surface area (Å²) in [5.74, 6) is 0.471. The van der Waals surface area contributed by atoms with E-state index in [2.05, 4.69) is 31.0 Å². The molecule has 2 atom stereocenters. The van der Waals surface area contributed by atoms with Gasteiger partial charge in [-0.2, -0.15) is 0 Å². The number of sulfone groups is 1. The van der Waals surface area contributed by atoms with Gasteiger partial charge in [0.25, 0.3) is 0 Å². The highest BCUT2D eigenvalue weighted by Crippen LogP contribution is 2.02. The van der Waals surface area contributed by atoms with Crippen LogP contribution >= 0.6 is 0 Å². The van der Waals surface area contributed by atoms with E-state index in [1.165, 1.54) is 0 Å². The fourth-order valence-electron chi connectivity index (χ4n) is 2.28. The Morgan fingerprint density at radius 3 is 2.11 bits per heavy atom. The molecule has 0 saturated carbocycles. The SMILES string of the molecule is CCN(CC)CCCC(C)NC(C)CS(=O)(=O)CC. The average Bonchev–Trinajstić information content (AvgIpc) is 2.33. The molecule has 0 rings (SSSR count). The lowest BCUT2D eigenvalue weighted by molar-refractivity contribution is 0.289. The molecule has 0 saturated heterocycles. The number of rotatable bonds is 11. The number of nitrogens with one attached hydrogen (secondary N) is 1. The van der Waals surface area contributed by atoms with Gasteiger partial charge < -0.3 is 10.2 Å². The van der Waals surface area contributed by atoms with Crippen LogP contribution in [-0.4, -0.2) is 56.5 Å². The lowest BCUT2D eigenvalue weighted by atomic mass is 10.1. The molecule has 0 aromatic heterocycles. The Hall–Kier alpha value is -0.130. The maximum atomic E-state index is 11.5. The van der Waals surface area contributed by atoms with Crippen molar-refractivity contribution in [3.05, 3.63) is 0 Å². The predicted octanol–water partition coefficient (Wildman–Crippen LogP) is 1.91. The molecule has 0 aromatic rings. The summed E-state index contributed by atoms with van der Waals surface area (Å²) in [6.07, 6.45) is 2.25. The van der Waals surface area contributed by atoms with Crippen molar-refractivity contribution in [1.82, 2.24) is 10.2 Å². The molecule has 116 valence electrons. The molecular weight excluding hydrogens is 260 g/mol. The quantitative estimate of drug-likeness (QED) is 0.632. The minimum absolute atomic E-state index is 0.0356. The van der Waals surface area contributed by atoms with Gasteiger partial charge in [-0.05, 0) is 46.3 Å². The molecule has 0 radical (unpaired) electrons. The topological polar surface area (TPSA) is 49.4 Å². The van der Waals surface area contributed by atoms with Gasteiger partial charge in [0.2, 0.25) is 0 Å². The van der Waals surface area contributed by atoms with Crippen molar-refractivity contribution in [2.75, 3.05) is 31.1 Å². The van der Waals surface area contributed by atoms with Crippen LogP contribution < -0.4 is 5.32 Å². The van der Waals surface area contributed by atoms with E-state index in [0.717, 1.165) is 32.5 Å². The maximum Gasteiger partial charge on any atom is 0.151 e. The minimum Gasteiger partial charge on any atom is -0.311 e. The Balaban J connectivity index is 3.88. The molecule has 0 aromatic carbocycles. The van der Waals surface area contributed by atoms with Crippen molar-refractivity contribution >= 4 is 9.84 Å². The molecular formula is C14H32N2O2S. The monoisotopic (exact) mass is 292 g/mol. The highest BCUT2D eigenvalue weighted by molar-refractivity contribution is 7.91. The van der Waals surface area contributed by atoms with E-state index in [-0.39, 0.29) is 17.5 Å². The molecule has 19 heavy (non-hydrogen) atoms. The number of hydrogen-bond acceptors (Lipinski definition) is 4. The van der Waals surface area contributed by atoms with E-state index in [1.807, 2.05) is 6.92 Å². The first kappa shape index (κ1) is 18.9. The molecule has 1 N–H and O–H groups in total. The molecule has 2 unspecified atom stereocenters. The van der Waals surface area contributed by atoms with Gasteiger partial charge in [-0.25, -0.2) is 8.42 Å². The largest absolute Gasteiger partial charge is 0.311 e. The van der Waals surface area contributed by atoms with E-state index in [1.54, 1.807) is 6.92 Å². The molecule has 0 amide bonds. The summed E-state index contributed by atoms with van der Waals surface area (Å²) in [6, 6.07) is 0.408. The molecule has 0 bridgehead atoms. The first-order valence-corrected chi connectivity index (χ1v) is 9.35. The normalized spacial score (nSPS) is 15.7. The van der Waals surface area contributed by atoms with Crippen molar-refractivity contribution in [2.24, 2.45) is 0 Å². The summed E-state index contributed by atoms with van der Waals surface area (Å²) >= 11 is 0. The summed E-state index contributed by atoms with van der Waals surface area (Å²) in [5.41, 5.74) is 0. The second kappa shape index (κ2) is 9.72. The lowest BCUT2D eigenvalue weighted by Gasteiger charge is -2.22. The van der Waals surface area contributed by atoms with Gasteiger partial charge >= 0.3 is 0 Å². The Labute approximate surface area is 119 Å². The van der Waals surface area contributed by atoms with Gasteiger partial charge in [-0.15, -0.1) is 0 Å². The van der Waals surface area contributed by atoms with Crippen molar-refractivity contribution in [3.63, 3.8) is 0 Å². The summed E-state index contributed by atoms with van der Waals surface area (Å²) in [4.78, 5) is 2.41.